The zero-order chi connectivity index (χ0) is 14.7. The molecule has 0 amide bonds. The quantitative estimate of drug-likeness (QED) is 0.818. The lowest BCUT2D eigenvalue weighted by Gasteiger charge is -2.10. The minimum atomic E-state index is -0.213. The Labute approximate surface area is 121 Å². The van der Waals surface area contributed by atoms with Crippen LogP contribution in [0.25, 0.3) is 0 Å². The Kier molecular flexibility index (Phi) is 4.72. The predicted octanol–water partition coefficient (Wildman–Crippen LogP) is 2.38. The number of aryl methyl sites for hydroxylation is 1. The molecule has 0 aliphatic heterocycles. The first kappa shape index (κ1) is 14.9. The molecule has 2 heterocycles. The van der Waals surface area contributed by atoms with E-state index in [-0.39, 0.29) is 11.0 Å². The van der Waals surface area contributed by atoms with Crippen LogP contribution in [0.3, 0.4) is 0 Å². The fourth-order valence-corrected chi connectivity index (χ4v) is 2.37. The van der Waals surface area contributed by atoms with Gasteiger partial charge in [-0.3, -0.25) is 9.36 Å². The first-order chi connectivity index (χ1) is 9.47. The molecule has 0 radical (unpaired) electrons. The van der Waals surface area contributed by atoms with Gasteiger partial charge in [-0.1, -0.05) is 30.3 Å². The van der Waals surface area contributed by atoms with Gasteiger partial charge in [0.05, 0.1) is 0 Å². The van der Waals surface area contributed by atoms with Crippen LogP contribution in [0.5, 0.6) is 0 Å². The van der Waals surface area contributed by atoms with E-state index in [0.717, 1.165) is 5.69 Å². The Bertz CT molecular complexity index is 614. The molecule has 110 valence electrons. The highest BCUT2D eigenvalue weighted by Gasteiger charge is 2.16. The molecule has 6 nitrogen and oxygen atoms in total. The number of thiazole rings is 1. The molecule has 0 aromatic carbocycles. The average Bonchev–Trinajstić information content (AvgIpc) is 2.98. The van der Waals surface area contributed by atoms with Gasteiger partial charge in [0.25, 0.3) is 0 Å². The van der Waals surface area contributed by atoms with Gasteiger partial charge in [-0.25, -0.2) is 0 Å². The van der Waals surface area contributed by atoms with Gasteiger partial charge in [-0.15, -0.1) is 0 Å². The summed E-state index contributed by atoms with van der Waals surface area (Å²) in [5.74, 6) is 1.39. The van der Waals surface area contributed by atoms with E-state index in [9.17, 15) is 4.79 Å². The van der Waals surface area contributed by atoms with E-state index in [1.807, 2.05) is 19.2 Å². The summed E-state index contributed by atoms with van der Waals surface area (Å²) in [5.41, 5.74) is 0.892. The topological polar surface area (TPSA) is 70.2 Å². The smallest absolute Gasteiger partial charge is 0.307 e. The maximum Gasteiger partial charge on any atom is 0.307 e. The van der Waals surface area contributed by atoms with Gasteiger partial charge in [0.2, 0.25) is 5.89 Å². The van der Waals surface area contributed by atoms with Crippen LogP contribution in [0.2, 0.25) is 0 Å². The SMILES string of the molecule is Cc1csc(=O)n1Cc1nc(C(C)OCC(C)C)no1. The van der Waals surface area contributed by atoms with E-state index in [0.29, 0.717) is 30.8 Å². The summed E-state index contributed by atoms with van der Waals surface area (Å²) >= 11 is 1.17. The molecule has 7 heteroatoms. The second-order valence-electron chi connectivity index (χ2n) is 5.14. The fraction of sp³-hybridized carbons (Fsp3) is 0.615. The molecule has 0 bridgehead atoms. The Morgan fingerprint density at radius 3 is 2.80 bits per heavy atom. The van der Waals surface area contributed by atoms with Gasteiger partial charge in [0.1, 0.15) is 12.6 Å². The number of hydrogen-bond acceptors (Lipinski definition) is 6. The molecule has 2 aromatic rings. The molecule has 0 fully saturated rings. The largest absolute Gasteiger partial charge is 0.370 e. The zero-order valence-corrected chi connectivity index (χ0v) is 12.9. The van der Waals surface area contributed by atoms with E-state index in [4.69, 9.17) is 9.26 Å². The fourth-order valence-electron chi connectivity index (χ4n) is 1.64. The van der Waals surface area contributed by atoms with Crippen LogP contribution < -0.4 is 4.87 Å². The van der Waals surface area contributed by atoms with Crippen LogP contribution in [0, 0.1) is 12.8 Å². The Morgan fingerprint density at radius 2 is 2.20 bits per heavy atom. The third kappa shape index (κ3) is 3.55. The van der Waals surface area contributed by atoms with Crippen LogP contribution in [0.4, 0.5) is 0 Å². The van der Waals surface area contributed by atoms with Crippen molar-refractivity contribution in [3.63, 3.8) is 0 Å². The third-order valence-corrected chi connectivity index (χ3v) is 3.68. The molecule has 0 saturated carbocycles. The molecule has 0 N–H and O–H groups in total. The van der Waals surface area contributed by atoms with E-state index in [1.165, 1.54) is 11.3 Å². The van der Waals surface area contributed by atoms with E-state index >= 15 is 0 Å². The number of ether oxygens (including phenoxy) is 1. The molecule has 20 heavy (non-hydrogen) atoms. The lowest BCUT2D eigenvalue weighted by molar-refractivity contribution is 0.0402. The molecule has 0 spiro atoms. The minimum Gasteiger partial charge on any atom is -0.370 e. The van der Waals surface area contributed by atoms with Crippen molar-refractivity contribution in [2.24, 2.45) is 5.92 Å². The molecule has 2 rings (SSSR count). The maximum absolute atomic E-state index is 11.6. The Balaban J connectivity index is 2.04. The van der Waals surface area contributed by atoms with Crippen molar-refractivity contribution in [2.45, 2.75) is 40.3 Å². The third-order valence-electron chi connectivity index (χ3n) is 2.80. The van der Waals surface area contributed by atoms with Crippen LogP contribution >= 0.6 is 11.3 Å². The van der Waals surface area contributed by atoms with Crippen molar-refractivity contribution in [1.29, 1.82) is 0 Å². The summed E-state index contributed by atoms with van der Waals surface area (Å²) in [7, 11) is 0. The van der Waals surface area contributed by atoms with E-state index < -0.39 is 0 Å². The molecule has 0 aliphatic carbocycles. The molecular formula is C13H19N3O3S. The Morgan fingerprint density at radius 1 is 1.45 bits per heavy atom. The summed E-state index contributed by atoms with van der Waals surface area (Å²) in [6.45, 7) is 8.88. The van der Waals surface area contributed by atoms with Crippen molar-refractivity contribution >= 4 is 11.3 Å². The van der Waals surface area contributed by atoms with Crippen molar-refractivity contribution in [3.05, 3.63) is 32.5 Å². The summed E-state index contributed by atoms with van der Waals surface area (Å²) in [4.78, 5) is 15.9. The van der Waals surface area contributed by atoms with Crippen molar-refractivity contribution in [1.82, 2.24) is 14.7 Å². The maximum atomic E-state index is 11.6. The number of hydrogen-bond donors (Lipinski definition) is 0. The summed E-state index contributed by atoms with van der Waals surface area (Å²) < 4.78 is 12.4. The first-order valence-electron chi connectivity index (χ1n) is 6.56. The lowest BCUT2D eigenvalue weighted by Crippen LogP contribution is -2.15. The van der Waals surface area contributed by atoms with Gasteiger partial charge >= 0.3 is 4.87 Å². The minimum absolute atomic E-state index is 0.0219. The van der Waals surface area contributed by atoms with Crippen LogP contribution in [-0.2, 0) is 11.3 Å². The summed E-state index contributed by atoms with van der Waals surface area (Å²) in [6, 6.07) is 0. The number of nitrogens with zero attached hydrogens (tertiary/aromatic N) is 3. The van der Waals surface area contributed by atoms with Gasteiger partial charge in [-0.2, -0.15) is 4.98 Å². The van der Waals surface area contributed by atoms with Gasteiger partial charge < -0.3 is 9.26 Å². The standard InChI is InChI=1S/C13H19N3O3S/c1-8(2)6-18-10(4)12-14-11(19-15-12)5-16-9(3)7-20-13(16)17/h7-8,10H,5-6H2,1-4H3. The average molecular weight is 297 g/mol. The number of aromatic nitrogens is 3. The van der Waals surface area contributed by atoms with Crippen LogP contribution in [-0.4, -0.2) is 21.3 Å². The van der Waals surface area contributed by atoms with Crippen molar-refractivity contribution in [3.8, 4) is 0 Å². The molecule has 0 aliphatic rings. The monoisotopic (exact) mass is 297 g/mol. The first-order valence-corrected chi connectivity index (χ1v) is 7.44. The highest BCUT2D eigenvalue weighted by Crippen LogP contribution is 2.15. The van der Waals surface area contributed by atoms with Gasteiger partial charge in [-0.05, 0) is 19.8 Å². The molecule has 0 saturated heterocycles. The second-order valence-corrected chi connectivity index (χ2v) is 5.97. The van der Waals surface area contributed by atoms with Gasteiger partial charge in [0.15, 0.2) is 5.82 Å². The molecule has 1 atom stereocenters. The molecule has 2 aromatic heterocycles. The van der Waals surface area contributed by atoms with Gasteiger partial charge in [0, 0.05) is 17.7 Å². The van der Waals surface area contributed by atoms with Crippen molar-refractivity contribution < 1.29 is 9.26 Å². The normalized spacial score (nSPS) is 13.1. The number of rotatable bonds is 6. The van der Waals surface area contributed by atoms with Crippen LogP contribution in [0.15, 0.2) is 14.7 Å². The summed E-state index contributed by atoms with van der Waals surface area (Å²) in [5, 5.41) is 5.72. The van der Waals surface area contributed by atoms with E-state index in [2.05, 4.69) is 24.0 Å². The van der Waals surface area contributed by atoms with Crippen molar-refractivity contribution in [2.75, 3.05) is 6.61 Å². The predicted molar refractivity (Wildman–Crippen MR) is 75.9 cm³/mol. The highest BCUT2D eigenvalue weighted by molar-refractivity contribution is 7.07. The molecule has 1 unspecified atom stereocenters. The highest BCUT2D eigenvalue weighted by atomic mass is 32.1. The second kappa shape index (κ2) is 6.32. The molecular weight excluding hydrogens is 278 g/mol. The van der Waals surface area contributed by atoms with Crippen LogP contribution in [0.1, 0.15) is 44.3 Å². The zero-order valence-electron chi connectivity index (χ0n) is 12.1. The van der Waals surface area contributed by atoms with E-state index in [1.54, 1.807) is 4.57 Å². The lowest BCUT2D eigenvalue weighted by atomic mass is 10.2. The Hall–Kier alpha value is -1.47. The summed E-state index contributed by atoms with van der Waals surface area (Å²) in [6.07, 6.45) is -0.213.